The van der Waals surface area contributed by atoms with E-state index < -0.39 is 22.6 Å². The average Bonchev–Trinajstić information content (AvgIpc) is 2.36. The van der Waals surface area contributed by atoms with Gasteiger partial charge in [0, 0.05) is 5.56 Å². The van der Waals surface area contributed by atoms with Gasteiger partial charge in [-0.05, 0) is 32.4 Å². The first-order chi connectivity index (χ1) is 9.36. The van der Waals surface area contributed by atoms with Crippen molar-refractivity contribution in [2.24, 2.45) is 5.92 Å². The van der Waals surface area contributed by atoms with Crippen molar-refractivity contribution in [2.75, 3.05) is 6.61 Å². The predicted molar refractivity (Wildman–Crippen MR) is 69.3 cm³/mol. The molecule has 0 saturated heterocycles. The second-order valence-corrected chi connectivity index (χ2v) is 4.19. The van der Waals surface area contributed by atoms with Gasteiger partial charge in [0.25, 0.3) is 5.69 Å². The molecule has 0 amide bonds. The topological polar surface area (TPSA) is 107 Å². The summed E-state index contributed by atoms with van der Waals surface area (Å²) in [5.74, 6) is -2.47. The number of rotatable bonds is 6. The first kappa shape index (κ1) is 15.6. The number of phenols is 1. The van der Waals surface area contributed by atoms with Crippen LogP contribution in [-0.4, -0.2) is 28.4 Å². The van der Waals surface area contributed by atoms with Crippen molar-refractivity contribution in [1.29, 1.82) is 0 Å². The van der Waals surface area contributed by atoms with Gasteiger partial charge in [-0.15, -0.1) is 0 Å². The van der Waals surface area contributed by atoms with Gasteiger partial charge in [-0.3, -0.25) is 19.7 Å². The predicted octanol–water partition coefficient (Wildman–Crippen LogP) is 1.61. The molecule has 1 aromatic carbocycles. The van der Waals surface area contributed by atoms with Crippen molar-refractivity contribution in [3.05, 3.63) is 33.9 Å². The second-order valence-electron chi connectivity index (χ2n) is 4.19. The maximum atomic E-state index is 11.7. The van der Waals surface area contributed by atoms with Gasteiger partial charge in [-0.2, -0.15) is 0 Å². The molecule has 1 rings (SSSR count). The van der Waals surface area contributed by atoms with Gasteiger partial charge in [-0.1, -0.05) is 0 Å². The molecule has 1 unspecified atom stereocenters. The molecule has 7 nitrogen and oxygen atoms in total. The minimum absolute atomic E-state index is 0.125. The number of ether oxygens (including phenoxy) is 1. The smallest absolute Gasteiger partial charge is 0.316 e. The van der Waals surface area contributed by atoms with Crippen molar-refractivity contribution in [1.82, 2.24) is 0 Å². The lowest BCUT2D eigenvalue weighted by molar-refractivity contribution is -0.385. The van der Waals surface area contributed by atoms with Gasteiger partial charge in [0.2, 0.25) is 0 Å². The Balaban J connectivity index is 3.08. The Morgan fingerprint density at radius 2 is 2.10 bits per heavy atom. The van der Waals surface area contributed by atoms with Crippen LogP contribution in [0.3, 0.4) is 0 Å². The van der Waals surface area contributed by atoms with Gasteiger partial charge in [0.15, 0.2) is 0 Å². The third-order valence-corrected chi connectivity index (χ3v) is 2.75. The van der Waals surface area contributed by atoms with E-state index in [2.05, 4.69) is 0 Å². The van der Waals surface area contributed by atoms with Crippen LogP contribution >= 0.6 is 0 Å². The van der Waals surface area contributed by atoms with Gasteiger partial charge in [0.05, 0.1) is 17.6 Å². The van der Waals surface area contributed by atoms with Crippen LogP contribution in [0.5, 0.6) is 5.75 Å². The van der Waals surface area contributed by atoms with Crippen LogP contribution in [0.2, 0.25) is 0 Å². The summed E-state index contributed by atoms with van der Waals surface area (Å²) < 4.78 is 4.78. The monoisotopic (exact) mass is 281 g/mol. The zero-order valence-corrected chi connectivity index (χ0v) is 11.2. The Morgan fingerprint density at radius 1 is 1.45 bits per heavy atom. The molecule has 0 saturated carbocycles. The Labute approximate surface area is 115 Å². The molecule has 1 atom stereocenters. The van der Waals surface area contributed by atoms with Gasteiger partial charge in [0.1, 0.15) is 17.5 Å². The maximum absolute atomic E-state index is 11.7. The third-order valence-electron chi connectivity index (χ3n) is 2.75. The highest BCUT2D eigenvalue weighted by molar-refractivity contribution is 5.98. The fourth-order valence-electron chi connectivity index (χ4n) is 1.75. The van der Waals surface area contributed by atoms with E-state index in [0.717, 1.165) is 6.07 Å². The number of aromatic hydroxyl groups is 1. The summed E-state index contributed by atoms with van der Waals surface area (Å²) in [6.45, 7) is 2.96. The normalized spacial score (nSPS) is 11.7. The molecule has 7 heteroatoms. The summed E-state index contributed by atoms with van der Waals surface area (Å²) in [5, 5.41) is 20.2. The minimum Gasteiger partial charge on any atom is -0.508 e. The van der Waals surface area contributed by atoms with E-state index in [1.54, 1.807) is 6.92 Å². The molecular formula is C13H15NO6. The Hall–Kier alpha value is -2.44. The third kappa shape index (κ3) is 3.78. The minimum atomic E-state index is -1.09. The van der Waals surface area contributed by atoms with E-state index in [9.17, 15) is 24.8 Å². The second kappa shape index (κ2) is 6.65. The number of benzene rings is 1. The number of phenolic OH excluding ortho intramolecular Hbond substituents is 1. The molecule has 108 valence electrons. The van der Waals surface area contributed by atoms with Crippen molar-refractivity contribution in [2.45, 2.75) is 20.3 Å². The van der Waals surface area contributed by atoms with Crippen LogP contribution in [0.4, 0.5) is 5.69 Å². The lowest BCUT2D eigenvalue weighted by atomic mass is 9.95. The van der Waals surface area contributed by atoms with E-state index in [4.69, 9.17) is 4.74 Å². The summed E-state index contributed by atoms with van der Waals surface area (Å²) in [5.41, 5.74) is -0.137. The van der Waals surface area contributed by atoms with E-state index >= 15 is 0 Å². The standard InChI is InChI=1S/C13H15NO6/c1-3-20-13(17)11(8(2)15)6-9-4-5-10(16)7-12(9)14(18)19/h4-5,7,11,16H,3,6H2,1-2H3. The first-order valence-electron chi connectivity index (χ1n) is 6.00. The van der Waals surface area contributed by atoms with Crippen LogP contribution in [0.1, 0.15) is 19.4 Å². The number of nitro benzene ring substituents is 1. The molecule has 0 aromatic heterocycles. The molecule has 0 radical (unpaired) electrons. The molecule has 0 fully saturated rings. The highest BCUT2D eigenvalue weighted by Gasteiger charge is 2.28. The number of nitro groups is 1. The number of carbonyl (C=O) groups excluding carboxylic acids is 2. The number of Topliss-reactive ketones (excluding diaryl/α,β-unsaturated/α-hetero) is 1. The number of carbonyl (C=O) groups is 2. The molecule has 0 aliphatic carbocycles. The zero-order valence-electron chi connectivity index (χ0n) is 11.2. The quantitative estimate of drug-likeness (QED) is 0.367. The summed E-state index contributed by atoms with van der Waals surface area (Å²) in [4.78, 5) is 33.4. The lowest BCUT2D eigenvalue weighted by Crippen LogP contribution is -2.26. The summed E-state index contributed by atoms with van der Waals surface area (Å²) in [7, 11) is 0. The van der Waals surface area contributed by atoms with E-state index in [1.165, 1.54) is 19.1 Å². The van der Waals surface area contributed by atoms with Crippen LogP contribution in [0, 0.1) is 16.0 Å². The molecule has 1 aromatic rings. The molecule has 0 heterocycles. The molecule has 0 aliphatic rings. The van der Waals surface area contributed by atoms with Crippen molar-refractivity contribution < 1.29 is 24.4 Å². The largest absolute Gasteiger partial charge is 0.508 e. The van der Waals surface area contributed by atoms with Crippen molar-refractivity contribution in [3.8, 4) is 5.75 Å². The Kier molecular flexibility index (Phi) is 5.19. The summed E-state index contributed by atoms with van der Waals surface area (Å²) in [6.07, 6.45) is -0.134. The summed E-state index contributed by atoms with van der Waals surface area (Å²) in [6, 6.07) is 3.57. The van der Waals surface area contributed by atoms with E-state index in [1.807, 2.05) is 0 Å². The number of ketones is 1. The fourth-order valence-corrected chi connectivity index (χ4v) is 1.75. The van der Waals surface area contributed by atoms with Crippen LogP contribution in [-0.2, 0) is 20.7 Å². The Bertz CT molecular complexity index is 540. The number of esters is 1. The molecular weight excluding hydrogens is 266 g/mol. The van der Waals surface area contributed by atoms with Crippen molar-refractivity contribution in [3.63, 3.8) is 0 Å². The van der Waals surface area contributed by atoms with Crippen LogP contribution in [0.15, 0.2) is 18.2 Å². The molecule has 20 heavy (non-hydrogen) atoms. The van der Waals surface area contributed by atoms with Crippen LogP contribution in [0.25, 0.3) is 0 Å². The van der Waals surface area contributed by atoms with Crippen LogP contribution < -0.4 is 0 Å². The van der Waals surface area contributed by atoms with Gasteiger partial charge >= 0.3 is 5.97 Å². The Morgan fingerprint density at radius 3 is 2.60 bits per heavy atom. The summed E-state index contributed by atoms with van der Waals surface area (Å²) >= 11 is 0. The lowest BCUT2D eigenvalue weighted by Gasteiger charge is -2.12. The van der Waals surface area contributed by atoms with E-state index in [-0.39, 0.29) is 30.0 Å². The average molecular weight is 281 g/mol. The fraction of sp³-hybridized carbons (Fsp3) is 0.385. The number of hydrogen-bond acceptors (Lipinski definition) is 6. The van der Waals surface area contributed by atoms with Gasteiger partial charge < -0.3 is 9.84 Å². The molecule has 0 bridgehead atoms. The number of hydrogen-bond donors (Lipinski definition) is 1. The maximum Gasteiger partial charge on any atom is 0.316 e. The number of nitrogens with zero attached hydrogens (tertiary/aromatic N) is 1. The zero-order chi connectivity index (χ0) is 15.3. The van der Waals surface area contributed by atoms with Gasteiger partial charge in [-0.25, -0.2) is 0 Å². The molecule has 1 N–H and O–H groups in total. The molecule has 0 aliphatic heterocycles. The first-order valence-corrected chi connectivity index (χ1v) is 6.00. The SMILES string of the molecule is CCOC(=O)C(Cc1ccc(O)cc1[N+](=O)[O-])C(C)=O. The highest BCUT2D eigenvalue weighted by Crippen LogP contribution is 2.26. The molecule has 0 spiro atoms. The highest BCUT2D eigenvalue weighted by atomic mass is 16.6. The van der Waals surface area contributed by atoms with E-state index in [0.29, 0.717) is 0 Å². The van der Waals surface area contributed by atoms with Crippen molar-refractivity contribution >= 4 is 17.4 Å².